The molecule has 0 amide bonds. The summed E-state index contributed by atoms with van der Waals surface area (Å²) in [4.78, 5) is 11.0. The molecule has 0 saturated carbocycles. The Morgan fingerprint density at radius 2 is 2.07 bits per heavy atom. The number of hydrogen-bond donors (Lipinski definition) is 2. The molecule has 2 aliphatic heterocycles. The quantitative estimate of drug-likeness (QED) is 0.545. The summed E-state index contributed by atoms with van der Waals surface area (Å²) in [6.07, 6.45) is 1.19. The highest BCUT2D eigenvalue weighted by Crippen LogP contribution is 2.23. The van der Waals surface area contributed by atoms with Crippen molar-refractivity contribution in [3.05, 3.63) is 21.9 Å². The first-order chi connectivity index (χ1) is 13.2. The van der Waals surface area contributed by atoms with E-state index in [1.165, 1.54) is 12.0 Å². The van der Waals surface area contributed by atoms with Crippen LogP contribution in [0.15, 0.2) is 16.4 Å². The van der Waals surface area contributed by atoms with Crippen molar-refractivity contribution in [1.82, 2.24) is 20.4 Å². The van der Waals surface area contributed by atoms with Gasteiger partial charge in [-0.25, -0.2) is 0 Å². The SMILES string of the molecule is CN=C(NCCN1CCc2sccc2C1)NCC(C(C)C)N1CCOCC1. The Morgan fingerprint density at radius 3 is 2.81 bits per heavy atom. The molecule has 3 rings (SSSR count). The van der Waals surface area contributed by atoms with E-state index in [9.17, 15) is 0 Å². The second kappa shape index (κ2) is 10.4. The van der Waals surface area contributed by atoms with Gasteiger partial charge in [-0.05, 0) is 29.3 Å². The minimum atomic E-state index is 0.506. The normalized spacial score (nSPS) is 20.5. The number of ether oxygens (including phenoxy) is 1. The maximum absolute atomic E-state index is 5.50. The Labute approximate surface area is 168 Å². The van der Waals surface area contributed by atoms with Crippen LogP contribution >= 0.6 is 11.3 Å². The van der Waals surface area contributed by atoms with E-state index in [0.717, 1.165) is 65.0 Å². The van der Waals surface area contributed by atoms with Crippen LogP contribution in [0.1, 0.15) is 24.3 Å². The van der Waals surface area contributed by atoms with Gasteiger partial charge in [0, 0.05) is 63.8 Å². The number of rotatable bonds is 7. The molecular formula is C20H35N5OS. The first-order valence-electron chi connectivity index (χ1n) is 10.2. The molecule has 3 heterocycles. The molecule has 1 aromatic rings. The Balaban J connectivity index is 1.39. The van der Waals surface area contributed by atoms with Crippen LogP contribution in [0.5, 0.6) is 0 Å². The van der Waals surface area contributed by atoms with Crippen molar-refractivity contribution in [2.75, 3.05) is 59.5 Å². The number of fused-ring (bicyclic) bond motifs is 1. The lowest BCUT2D eigenvalue weighted by molar-refractivity contribution is 0.00752. The Morgan fingerprint density at radius 1 is 1.26 bits per heavy atom. The van der Waals surface area contributed by atoms with E-state index in [4.69, 9.17) is 4.74 Å². The number of hydrogen-bond acceptors (Lipinski definition) is 5. The molecule has 7 heteroatoms. The van der Waals surface area contributed by atoms with Gasteiger partial charge < -0.3 is 15.4 Å². The summed E-state index contributed by atoms with van der Waals surface area (Å²) in [6, 6.07) is 2.78. The summed E-state index contributed by atoms with van der Waals surface area (Å²) in [7, 11) is 1.85. The number of thiophene rings is 1. The second-order valence-electron chi connectivity index (χ2n) is 7.73. The molecule has 1 unspecified atom stereocenters. The fourth-order valence-electron chi connectivity index (χ4n) is 3.95. The van der Waals surface area contributed by atoms with Crippen LogP contribution in [-0.4, -0.2) is 81.3 Å². The van der Waals surface area contributed by atoms with Crippen LogP contribution in [-0.2, 0) is 17.7 Å². The second-order valence-corrected chi connectivity index (χ2v) is 8.74. The van der Waals surface area contributed by atoms with Gasteiger partial charge in [-0.1, -0.05) is 13.8 Å². The maximum atomic E-state index is 5.50. The number of morpholine rings is 1. The lowest BCUT2D eigenvalue weighted by Gasteiger charge is -2.37. The van der Waals surface area contributed by atoms with Crippen molar-refractivity contribution in [2.45, 2.75) is 32.9 Å². The monoisotopic (exact) mass is 393 g/mol. The number of guanidine groups is 1. The van der Waals surface area contributed by atoms with Crippen molar-refractivity contribution < 1.29 is 4.74 Å². The summed E-state index contributed by atoms with van der Waals surface area (Å²) in [5, 5.41) is 9.25. The van der Waals surface area contributed by atoms with Gasteiger partial charge in [-0.2, -0.15) is 0 Å². The predicted molar refractivity (Wildman–Crippen MR) is 114 cm³/mol. The third kappa shape index (κ3) is 5.91. The van der Waals surface area contributed by atoms with Gasteiger partial charge in [0.1, 0.15) is 0 Å². The number of nitrogens with one attached hydrogen (secondary N) is 2. The van der Waals surface area contributed by atoms with Crippen LogP contribution in [0.3, 0.4) is 0 Å². The van der Waals surface area contributed by atoms with Crippen molar-refractivity contribution in [2.24, 2.45) is 10.9 Å². The molecule has 0 radical (unpaired) electrons. The molecule has 1 fully saturated rings. The highest BCUT2D eigenvalue weighted by atomic mass is 32.1. The molecular weight excluding hydrogens is 358 g/mol. The van der Waals surface area contributed by atoms with E-state index in [1.54, 1.807) is 4.88 Å². The third-order valence-corrected chi connectivity index (χ3v) is 6.62. The zero-order valence-corrected chi connectivity index (χ0v) is 17.9. The maximum Gasteiger partial charge on any atom is 0.191 e. The number of aliphatic imine (C=N–C) groups is 1. The van der Waals surface area contributed by atoms with E-state index < -0.39 is 0 Å². The van der Waals surface area contributed by atoms with Gasteiger partial charge in [0.05, 0.1) is 13.2 Å². The Bertz CT molecular complexity index is 597. The molecule has 1 aromatic heterocycles. The van der Waals surface area contributed by atoms with Gasteiger partial charge in [0.25, 0.3) is 0 Å². The molecule has 0 spiro atoms. The van der Waals surface area contributed by atoms with Crippen LogP contribution in [0.2, 0.25) is 0 Å². The molecule has 0 aromatic carbocycles. The third-order valence-electron chi connectivity index (χ3n) is 5.59. The fourth-order valence-corrected chi connectivity index (χ4v) is 4.84. The van der Waals surface area contributed by atoms with Crippen LogP contribution < -0.4 is 10.6 Å². The molecule has 27 heavy (non-hydrogen) atoms. The van der Waals surface area contributed by atoms with E-state index in [0.29, 0.717) is 12.0 Å². The average molecular weight is 394 g/mol. The zero-order chi connectivity index (χ0) is 19.1. The van der Waals surface area contributed by atoms with Crippen LogP contribution in [0, 0.1) is 5.92 Å². The summed E-state index contributed by atoms with van der Waals surface area (Å²) in [5.41, 5.74) is 1.51. The molecule has 152 valence electrons. The van der Waals surface area contributed by atoms with Gasteiger partial charge in [-0.3, -0.25) is 14.8 Å². The van der Waals surface area contributed by atoms with Gasteiger partial charge in [-0.15, -0.1) is 11.3 Å². The smallest absolute Gasteiger partial charge is 0.191 e. The summed E-state index contributed by atoms with van der Waals surface area (Å²) in [5.74, 6) is 1.50. The molecule has 0 bridgehead atoms. The lowest BCUT2D eigenvalue weighted by Crippen LogP contribution is -2.53. The largest absolute Gasteiger partial charge is 0.379 e. The van der Waals surface area contributed by atoms with Crippen molar-refractivity contribution >= 4 is 17.3 Å². The first-order valence-corrected chi connectivity index (χ1v) is 11.1. The Hall–Kier alpha value is -1.15. The number of nitrogens with zero attached hydrogens (tertiary/aromatic N) is 3. The molecule has 1 saturated heterocycles. The fraction of sp³-hybridized carbons (Fsp3) is 0.750. The Kier molecular flexibility index (Phi) is 7.93. The summed E-state index contributed by atoms with van der Waals surface area (Å²) in [6.45, 7) is 13.5. The molecule has 2 aliphatic rings. The van der Waals surface area contributed by atoms with E-state index in [1.807, 2.05) is 18.4 Å². The van der Waals surface area contributed by atoms with Gasteiger partial charge in [0.2, 0.25) is 0 Å². The minimum Gasteiger partial charge on any atom is -0.379 e. The molecule has 1 atom stereocenters. The van der Waals surface area contributed by atoms with Gasteiger partial charge in [0.15, 0.2) is 5.96 Å². The standard InChI is InChI=1S/C20H35N5OS/c1-16(2)18(25-9-11-26-12-10-25)14-23-20(21-3)22-6-8-24-7-4-19-17(15-24)5-13-27-19/h5,13,16,18H,4,6-12,14-15H2,1-3H3,(H2,21,22,23). The van der Waals surface area contributed by atoms with E-state index in [2.05, 4.69) is 50.7 Å². The van der Waals surface area contributed by atoms with E-state index in [-0.39, 0.29) is 0 Å². The summed E-state index contributed by atoms with van der Waals surface area (Å²) >= 11 is 1.90. The van der Waals surface area contributed by atoms with Crippen LogP contribution in [0.25, 0.3) is 0 Å². The average Bonchev–Trinajstić information content (AvgIpc) is 3.15. The van der Waals surface area contributed by atoms with Crippen molar-refractivity contribution in [3.8, 4) is 0 Å². The molecule has 2 N–H and O–H groups in total. The highest BCUT2D eigenvalue weighted by Gasteiger charge is 2.24. The van der Waals surface area contributed by atoms with E-state index >= 15 is 0 Å². The van der Waals surface area contributed by atoms with Gasteiger partial charge >= 0.3 is 0 Å². The first kappa shape index (κ1) is 20.6. The molecule has 6 nitrogen and oxygen atoms in total. The van der Waals surface area contributed by atoms with Crippen LogP contribution in [0.4, 0.5) is 0 Å². The molecule has 0 aliphatic carbocycles. The predicted octanol–water partition coefficient (Wildman–Crippen LogP) is 1.63. The highest BCUT2D eigenvalue weighted by molar-refractivity contribution is 7.10. The topological polar surface area (TPSA) is 52.1 Å². The summed E-state index contributed by atoms with van der Waals surface area (Å²) < 4.78 is 5.50. The zero-order valence-electron chi connectivity index (χ0n) is 17.0. The van der Waals surface area contributed by atoms with Crippen molar-refractivity contribution in [1.29, 1.82) is 0 Å². The minimum absolute atomic E-state index is 0.506. The van der Waals surface area contributed by atoms with Crippen molar-refractivity contribution in [3.63, 3.8) is 0 Å². The lowest BCUT2D eigenvalue weighted by atomic mass is 10.0.